The summed E-state index contributed by atoms with van der Waals surface area (Å²) in [6, 6.07) is 6.27. The summed E-state index contributed by atoms with van der Waals surface area (Å²) in [6.07, 6.45) is 4.70. The standard InChI is InChI=1S/C19H28N6O/c1-4-20-18(21-12-15-24-23-14-9-5-6-10-25(14)15)22-16-13-8-7-11-26-17(13)19(16,2)3/h5-6,9-10,13,16-17H,4,7-8,11-12H2,1-3H3,(H2,20,21,22). The average molecular weight is 356 g/mol. The van der Waals surface area contributed by atoms with E-state index in [4.69, 9.17) is 9.73 Å². The SMILES string of the molecule is CCNC(=NCc1nnc2ccccn12)NC1C2CCCOC2C1(C)C. The minimum atomic E-state index is 0.114. The van der Waals surface area contributed by atoms with Gasteiger partial charge in [-0.1, -0.05) is 19.9 Å². The number of nitrogens with zero attached hydrogens (tertiary/aromatic N) is 4. The summed E-state index contributed by atoms with van der Waals surface area (Å²) in [5, 5.41) is 15.5. The van der Waals surface area contributed by atoms with Crippen LogP contribution in [0.1, 0.15) is 39.4 Å². The van der Waals surface area contributed by atoms with Crippen molar-refractivity contribution in [1.29, 1.82) is 0 Å². The van der Waals surface area contributed by atoms with Gasteiger partial charge in [0.2, 0.25) is 0 Å². The van der Waals surface area contributed by atoms with Crippen molar-refractivity contribution in [3.63, 3.8) is 0 Å². The topological polar surface area (TPSA) is 75.8 Å². The normalized spacial score (nSPS) is 27.7. The molecule has 7 nitrogen and oxygen atoms in total. The lowest BCUT2D eigenvalue weighted by Gasteiger charge is -2.60. The number of pyridine rings is 1. The van der Waals surface area contributed by atoms with E-state index in [-0.39, 0.29) is 5.41 Å². The Morgan fingerprint density at radius 1 is 1.38 bits per heavy atom. The van der Waals surface area contributed by atoms with Crippen LogP contribution in [0.3, 0.4) is 0 Å². The van der Waals surface area contributed by atoms with Crippen LogP contribution in [0.25, 0.3) is 5.65 Å². The quantitative estimate of drug-likeness (QED) is 0.647. The number of ether oxygens (including phenoxy) is 1. The summed E-state index contributed by atoms with van der Waals surface area (Å²) in [7, 11) is 0. The molecule has 1 aliphatic heterocycles. The first-order chi connectivity index (χ1) is 12.6. The van der Waals surface area contributed by atoms with Crippen molar-refractivity contribution < 1.29 is 4.74 Å². The molecule has 2 N–H and O–H groups in total. The summed E-state index contributed by atoms with van der Waals surface area (Å²) in [5.74, 6) is 2.24. The molecule has 0 aromatic carbocycles. The maximum absolute atomic E-state index is 6.01. The molecule has 2 fully saturated rings. The van der Waals surface area contributed by atoms with E-state index < -0.39 is 0 Å². The number of aromatic nitrogens is 3. The zero-order chi connectivity index (χ0) is 18.1. The molecule has 4 rings (SSSR count). The zero-order valence-corrected chi connectivity index (χ0v) is 15.8. The van der Waals surface area contributed by atoms with Gasteiger partial charge in [-0.3, -0.25) is 4.40 Å². The summed E-state index contributed by atoms with van der Waals surface area (Å²) >= 11 is 0. The van der Waals surface area contributed by atoms with Gasteiger partial charge in [-0.2, -0.15) is 0 Å². The highest BCUT2D eigenvalue weighted by molar-refractivity contribution is 5.80. The third-order valence-corrected chi connectivity index (χ3v) is 5.73. The van der Waals surface area contributed by atoms with Crippen molar-refractivity contribution in [3.8, 4) is 0 Å². The molecule has 26 heavy (non-hydrogen) atoms. The van der Waals surface area contributed by atoms with E-state index in [0.29, 0.717) is 24.6 Å². The van der Waals surface area contributed by atoms with Crippen molar-refractivity contribution in [2.75, 3.05) is 13.2 Å². The third kappa shape index (κ3) is 2.94. The fourth-order valence-electron chi connectivity index (χ4n) is 4.43. The molecule has 3 unspecified atom stereocenters. The van der Waals surface area contributed by atoms with Crippen molar-refractivity contribution in [2.24, 2.45) is 16.3 Å². The molecule has 1 saturated heterocycles. The van der Waals surface area contributed by atoms with Crippen molar-refractivity contribution in [1.82, 2.24) is 25.2 Å². The van der Waals surface area contributed by atoms with Crippen LogP contribution in [0.15, 0.2) is 29.4 Å². The van der Waals surface area contributed by atoms with Gasteiger partial charge < -0.3 is 15.4 Å². The maximum Gasteiger partial charge on any atom is 0.191 e. The Labute approximate surface area is 154 Å². The Kier molecular flexibility index (Phi) is 4.56. The highest BCUT2D eigenvalue weighted by atomic mass is 16.5. The molecule has 2 aliphatic rings. The fraction of sp³-hybridized carbons (Fsp3) is 0.632. The van der Waals surface area contributed by atoms with Crippen LogP contribution in [0.5, 0.6) is 0 Å². The molecule has 0 radical (unpaired) electrons. The second-order valence-electron chi connectivity index (χ2n) is 7.78. The van der Waals surface area contributed by atoms with E-state index >= 15 is 0 Å². The van der Waals surface area contributed by atoms with E-state index in [9.17, 15) is 0 Å². The third-order valence-electron chi connectivity index (χ3n) is 5.73. The van der Waals surface area contributed by atoms with Gasteiger partial charge in [0.1, 0.15) is 6.54 Å². The monoisotopic (exact) mass is 356 g/mol. The van der Waals surface area contributed by atoms with Crippen LogP contribution in [0.4, 0.5) is 0 Å². The van der Waals surface area contributed by atoms with Crippen LogP contribution in [-0.4, -0.2) is 45.9 Å². The molecular formula is C19H28N6O. The van der Waals surface area contributed by atoms with E-state index in [1.165, 1.54) is 6.42 Å². The van der Waals surface area contributed by atoms with E-state index in [2.05, 4.69) is 41.6 Å². The number of hydrogen-bond acceptors (Lipinski definition) is 4. The number of aliphatic imine (C=N–C) groups is 1. The number of fused-ring (bicyclic) bond motifs is 2. The van der Waals surface area contributed by atoms with E-state index in [0.717, 1.165) is 37.0 Å². The van der Waals surface area contributed by atoms with Gasteiger partial charge in [0.25, 0.3) is 0 Å². The molecule has 3 heterocycles. The van der Waals surface area contributed by atoms with Gasteiger partial charge in [-0.05, 0) is 31.9 Å². The second-order valence-corrected chi connectivity index (χ2v) is 7.78. The Bertz CT molecular complexity index is 798. The van der Waals surface area contributed by atoms with Crippen molar-refractivity contribution >= 4 is 11.6 Å². The number of nitrogens with one attached hydrogen (secondary N) is 2. The van der Waals surface area contributed by atoms with Crippen molar-refractivity contribution in [3.05, 3.63) is 30.2 Å². The number of guanidine groups is 1. The highest BCUT2D eigenvalue weighted by Gasteiger charge is 2.58. The second kappa shape index (κ2) is 6.87. The fourth-order valence-corrected chi connectivity index (χ4v) is 4.43. The number of hydrogen-bond donors (Lipinski definition) is 2. The van der Waals surface area contributed by atoms with Crippen LogP contribution < -0.4 is 10.6 Å². The zero-order valence-electron chi connectivity index (χ0n) is 15.8. The average Bonchev–Trinajstić information content (AvgIpc) is 3.07. The lowest BCUT2D eigenvalue weighted by molar-refractivity contribution is -0.188. The van der Waals surface area contributed by atoms with E-state index in [1.807, 2.05) is 28.8 Å². The van der Waals surface area contributed by atoms with Gasteiger partial charge in [-0.25, -0.2) is 4.99 Å². The smallest absolute Gasteiger partial charge is 0.191 e. The summed E-state index contributed by atoms with van der Waals surface area (Å²) in [5.41, 5.74) is 0.959. The Morgan fingerprint density at radius 3 is 3.12 bits per heavy atom. The van der Waals surface area contributed by atoms with Gasteiger partial charge in [0.15, 0.2) is 17.4 Å². The van der Waals surface area contributed by atoms with Crippen molar-refractivity contribution in [2.45, 2.75) is 52.3 Å². The van der Waals surface area contributed by atoms with Gasteiger partial charge in [-0.15, -0.1) is 10.2 Å². The molecule has 140 valence electrons. The summed E-state index contributed by atoms with van der Waals surface area (Å²) in [4.78, 5) is 4.76. The van der Waals surface area contributed by atoms with E-state index in [1.54, 1.807) is 0 Å². The number of rotatable bonds is 4. The van der Waals surface area contributed by atoms with Crippen LogP contribution in [-0.2, 0) is 11.3 Å². The summed E-state index contributed by atoms with van der Waals surface area (Å²) in [6.45, 7) is 8.86. The molecule has 0 bridgehead atoms. The molecule has 0 spiro atoms. The minimum absolute atomic E-state index is 0.114. The van der Waals surface area contributed by atoms with Crippen LogP contribution in [0, 0.1) is 11.3 Å². The minimum Gasteiger partial charge on any atom is -0.377 e. The Balaban J connectivity index is 1.49. The molecule has 7 heteroatoms. The molecule has 2 aromatic rings. The summed E-state index contributed by atoms with van der Waals surface area (Å²) < 4.78 is 7.99. The lowest BCUT2D eigenvalue weighted by atomic mass is 9.55. The molecular weight excluding hydrogens is 328 g/mol. The maximum atomic E-state index is 6.01. The molecule has 3 atom stereocenters. The Morgan fingerprint density at radius 2 is 2.27 bits per heavy atom. The molecule has 0 amide bonds. The molecule has 2 aromatic heterocycles. The highest BCUT2D eigenvalue weighted by Crippen LogP contribution is 2.51. The lowest BCUT2D eigenvalue weighted by Crippen LogP contribution is -2.71. The van der Waals surface area contributed by atoms with Gasteiger partial charge in [0, 0.05) is 36.7 Å². The molecule has 1 saturated carbocycles. The predicted octanol–water partition coefficient (Wildman–Crippen LogP) is 1.99. The van der Waals surface area contributed by atoms with Crippen LogP contribution in [0.2, 0.25) is 0 Å². The first kappa shape index (κ1) is 17.3. The Hall–Kier alpha value is -2.15. The first-order valence-corrected chi connectivity index (χ1v) is 9.56. The first-order valence-electron chi connectivity index (χ1n) is 9.56. The largest absolute Gasteiger partial charge is 0.377 e. The van der Waals surface area contributed by atoms with Gasteiger partial charge in [0.05, 0.1) is 6.10 Å². The predicted molar refractivity (Wildman–Crippen MR) is 101 cm³/mol. The molecule has 1 aliphatic carbocycles. The van der Waals surface area contributed by atoms with Gasteiger partial charge >= 0.3 is 0 Å². The van der Waals surface area contributed by atoms with Crippen LogP contribution >= 0.6 is 0 Å².